The standard InChI is InChI=1S/C18H21F2N3O2/c19-12-1-4-16(15(20)8-12)23-9-11(7-17(23)24)18(25)22-6-5-13-2-3-14(10-22)21-13/h1,4,8,11,13-14,21H,2-3,5-7,9-10H2. The highest BCUT2D eigenvalue weighted by atomic mass is 19.1. The lowest BCUT2D eigenvalue weighted by molar-refractivity contribution is -0.136. The summed E-state index contributed by atoms with van der Waals surface area (Å²) in [4.78, 5) is 28.3. The van der Waals surface area contributed by atoms with Crippen molar-refractivity contribution in [3.8, 4) is 0 Å². The van der Waals surface area contributed by atoms with Crippen molar-refractivity contribution >= 4 is 17.5 Å². The van der Waals surface area contributed by atoms with Crippen molar-refractivity contribution in [2.75, 3.05) is 24.5 Å². The number of fused-ring (bicyclic) bond motifs is 2. The topological polar surface area (TPSA) is 52.7 Å². The van der Waals surface area contributed by atoms with Crippen LogP contribution in [0.2, 0.25) is 0 Å². The summed E-state index contributed by atoms with van der Waals surface area (Å²) >= 11 is 0. The molecule has 3 aliphatic rings. The third kappa shape index (κ3) is 3.13. The van der Waals surface area contributed by atoms with E-state index in [1.807, 2.05) is 4.90 Å². The van der Waals surface area contributed by atoms with Gasteiger partial charge in [-0.25, -0.2) is 8.78 Å². The van der Waals surface area contributed by atoms with E-state index in [2.05, 4.69) is 5.32 Å². The van der Waals surface area contributed by atoms with Gasteiger partial charge in [0.15, 0.2) is 0 Å². The van der Waals surface area contributed by atoms with E-state index in [0.29, 0.717) is 25.2 Å². The molecule has 2 bridgehead atoms. The van der Waals surface area contributed by atoms with Crippen molar-refractivity contribution in [2.45, 2.75) is 37.8 Å². The summed E-state index contributed by atoms with van der Waals surface area (Å²) in [7, 11) is 0. The highest BCUT2D eigenvalue weighted by Gasteiger charge is 2.40. The van der Waals surface area contributed by atoms with Gasteiger partial charge in [0.05, 0.1) is 11.6 Å². The predicted molar refractivity (Wildman–Crippen MR) is 88.0 cm³/mol. The van der Waals surface area contributed by atoms with E-state index < -0.39 is 17.6 Å². The van der Waals surface area contributed by atoms with Gasteiger partial charge in [-0.1, -0.05) is 0 Å². The number of hydrogen-bond acceptors (Lipinski definition) is 3. The summed E-state index contributed by atoms with van der Waals surface area (Å²) in [6.45, 7) is 1.52. The first-order chi connectivity index (χ1) is 12.0. The molecular weight excluding hydrogens is 328 g/mol. The Morgan fingerprint density at radius 3 is 2.72 bits per heavy atom. The zero-order valence-corrected chi connectivity index (χ0v) is 13.9. The van der Waals surface area contributed by atoms with Crippen LogP contribution in [0, 0.1) is 17.6 Å². The molecule has 1 N–H and O–H groups in total. The molecule has 3 saturated heterocycles. The van der Waals surface area contributed by atoms with Crippen LogP contribution in [0.4, 0.5) is 14.5 Å². The average molecular weight is 349 g/mol. The van der Waals surface area contributed by atoms with E-state index in [1.54, 1.807) is 0 Å². The van der Waals surface area contributed by atoms with Gasteiger partial charge in [0.1, 0.15) is 11.6 Å². The van der Waals surface area contributed by atoms with Crippen LogP contribution in [0.15, 0.2) is 18.2 Å². The summed E-state index contributed by atoms with van der Waals surface area (Å²) in [5.74, 6) is -2.26. The minimum atomic E-state index is -0.780. The number of anilines is 1. The number of nitrogens with zero attached hydrogens (tertiary/aromatic N) is 2. The Morgan fingerprint density at radius 2 is 1.92 bits per heavy atom. The molecule has 1 aromatic rings. The van der Waals surface area contributed by atoms with Crippen LogP contribution < -0.4 is 10.2 Å². The van der Waals surface area contributed by atoms with Gasteiger partial charge in [0.2, 0.25) is 11.8 Å². The van der Waals surface area contributed by atoms with Crippen molar-refractivity contribution < 1.29 is 18.4 Å². The van der Waals surface area contributed by atoms with Gasteiger partial charge in [-0.15, -0.1) is 0 Å². The summed E-state index contributed by atoms with van der Waals surface area (Å²) < 4.78 is 27.1. The zero-order valence-electron chi connectivity index (χ0n) is 13.9. The second-order valence-corrected chi connectivity index (χ2v) is 7.21. The summed E-state index contributed by atoms with van der Waals surface area (Å²) in [5, 5.41) is 3.53. The molecule has 0 aromatic heterocycles. The molecule has 4 rings (SSSR count). The normalized spacial score (nSPS) is 29.2. The summed E-state index contributed by atoms with van der Waals surface area (Å²) in [5.41, 5.74) is 0.0401. The predicted octanol–water partition coefficient (Wildman–Crippen LogP) is 1.67. The van der Waals surface area contributed by atoms with Gasteiger partial charge in [-0.2, -0.15) is 0 Å². The van der Waals surface area contributed by atoms with Gasteiger partial charge in [-0.05, 0) is 31.4 Å². The van der Waals surface area contributed by atoms with Crippen molar-refractivity contribution in [1.82, 2.24) is 10.2 Å². The Kier molecular flexibility index (Phi) is 4.19. The molecule has 1 aromatic carbocycles. The van der Waals surface area contributed by atoms with Crippen LogP contribution in [0.25, 0.3) is 0 Å². The lowest BCUT2D eigenvalue weighted by Gasteiger charge is -2.27. The first kappa shape index (κ1) is 16.4. The molecule has 0 saturated carbocycles. The monoisotopic (exact) mass is 349 g/mol. The second kappa shape index (κ2) is 6.37. The smallest absolute Gasteiger partial charge is 0.228 e. The van der Waals surface area contributed by atoms with Gasteiger partial charge >= 0.3 is 0 Å². The van der Waals surface area contributed by atoms with Gasteiger partial charge in [0, 0.05) is 44.2 Å². The first-order valence-corrected chi connectivity index (χ1v) is 8.81. The molecule has 25 heavy (non-hydrogen) atoms. The number of benzene rings is 1. The highest BCUT2D eigenvalue weighted by molar-refractivity contribution is 6.00. The third-order valence-electron chi connectivity index (χ3n) is 5.51. The van der Waals surface area contributed by atoms with E-state index in [-0.39, 0.29) is 30.5 Å². The quantitative estimate of drug-likeness (QED) is 0.884. The number of rotatable bonds is 2. The number of carbonyl (C=O) groups excluding carboxylic acids is 2. The molecule has 0 spiro atoms. The SMILES string of the molecule is O=C(C1CC(=O)N(c2ccc(F)cc2F)C1)N1CCC2CCC(C1)N2. The van der Waals surface area contributed by atoms with Gasteiger partial charge in [0.25, 0.3) is 0 Å². The average Bonchev–Trinajstić information content (AvgIpc) is 3.09. The largest absolute Gasteiger partial charge is 0.341 e. The molecule has 134 valence electrons. The van der Waals surface area contributed by atoms with Crippen LogP contribution in [0.5, 0.6) is 0 Å². The number of likely N-dealkylation sites (tertiary alicyclic amines) is 1. The molecule has 3 heterocycles. The van der Waals surface area contributed by atoms with Crippen molar-refractivity contribution in [3.63, 3.8) is 0 Å². The number of hydrogen-bond donors (Lipinski definition) is 1. The maximum atomic E-state index is 14.0. The number of halogens is 2. The van der Waals surface area contributed by atoms with E-state index in [0.717, 1.165) is 31.4 Å². The van der Waals surface area contributed by atoms with Crippen LogP contribution in [0.3, 0.4) is 0 Å². The first-order valence-electron chi connectivity index (χ1n) is 8.81. The Bertz CT molecular complexity index is 712. The minimum absolute atomic E-state index is 0.0345. The van der Waals surface area contributed by atoms with Gasteiger partial charge in [-0.3, -0.25) is 9.59 Å². The van der Waals surface area contributed by atoms with Crippen LogP contribution in [0.1, 0.15) is 25.7 Å². The van der Waals surface area contributed by atoms with Crippen LogP contribution >= 0.6 is 0 Å². The molecule has 0 aliphatic carbocycles. The van der Waals surface area contributed by atoms with E-state index >= 15 is 0 Å². The van der Waals surface area contributed by atoms with Crippen molar-refractivity contribution in [3.05, 3.63) is 29.8 Å². The van der Waals surface area contributed by atoms with E-state index in [1.165, 1.54) is 11.0 Å². The maximum Gasteiger partial charge on any atom is 0.228 e. The zero-order chi connectivity index (χ0) is 17.6. The fourth-order valence-corrected chi connectivity index (χ4v) is 4.21. The number of carbonyl (C=O) groups is 2. The Hall–Kier alpha value is -2.02. The molecule has 0 radical (unpaired) electrons. The van der Waals surface area contributed by atoms with Crippen molar-refractivity contribution in [2.24, 2.45) is 5.92 Å². The summed E-state index contributed by atoms with van der Waals surface area (Å²) in [6, 6.07) is 3.95. The Labute approximate surface area is 145 Å². The second-order valence-electron chi connectivity index (χ2n) is 7.21. The molecule has 5 nitrogen and oxygen atoms in total. The number of amides is 2. The maximum absolute atomic E-state index is 14.0. The molecule has 3 unspecified atom stereocenters. The molecule has 3 aliphatic heterocycles. The van der Waals surface area contributed by atoms with Crippen LogP contribution in [-0.2, 0) is 9.59 Å². The minimum Gasteiger partial charge on any atom is -0.341 e. The molecule has 7 heteroatoms. The molecule has 3 atom stereocenters. The van der Waals surface area contributed by atoms with E-state index in [4.69, 9.17) is 0 Å². The lowest BCUT2D eigenvalue weighted by Crippen LogP contribution is -2.42. The molecule has 3 fully saturated rings. The van der Waals surface area contributed by atoms with Gasteiger partial charge < -0.3 is 15.1 Å². The fourth-order valence-electron chi connectivity index (χ4n) is 4.21. The highest BCUT2D eigenvalue weighted by Crippen LogP contribution is 2.30. The molecule has 2 amide bonds. The fraction of sp³-hybridized carbons (Fsp3) is 0.556. The Balaban J connectivity index is 1.47. The lowest BCUT2D eigenvalue weighted by atomic mass is 10.0. The third-order valence-corrected chi connectivity index (χ3v) is 5.51. The number of nitrogens with one attached hydrogen (secondary N) is 1. The Morgan fingerprint density at radius 1 is 1.12 bits per heavy atom. The van der Waals surface area contributed by atoms with Crippen LogP contribution in [-0.4, -0.2) is 48.4 Å². The molecular formula is C18H21F2N3O2. The van der Waals surface area contributed by atoms with Crippen molar-refractivity contribution in [1.29, 1.82) is 0 Å². The summed E-state index contributed by atoms with van der Waals surface area (Å²) in [6.07, 6.45) is 3.24. The van der Waals surface area contributed by atoms with E-state index in [9.17, 15) is 18.4 Å².